The van der Waals surface area contributed by atoms with Gasteiger partial charge >= 0.3 is 0 Å². The summed E-state index contributed by atoms with van der Waals surface area (Å²) in [6, 6.07) is 18.3. The number of fused-ring (bicyclic) bond motifs is 1. The van der Waals surface area contributed by atoms with E-state index in [9.17, 15) is 0 Å². The number of nitrogens with zero attached hydrogens (tertiary/aromatic N) is 3. The summed E-state index contributed by atoms with van der Waals surface area (Å²) in [6.07, 6.45) is 3.61. The number of rotatable bonds is 4. The van der Waals surface area contributed by atoms with Crippen molar-refractivity contribution in [3.05, 3.63) is 70.9 Å². The van der Waals surface area contributed by atoms with Gasteiger partial charge in [0.15, 0.2) is 0 Å². The maximum Gasteiger partial charge on any atom is 0.0991 e. The second kappa shape index (κ2) is 17.9. The van der Waals surface area contributed by atoms with Crippen molar-refractivity contribution < 1.29 is 4.74 Å². The molecule has 0 radical (unpaired) electrons. The fourth-order valence-electron chi connectivity index (χ4n) is 3.52. The highest BCUT2D eigenvalue weighted by molar-refractivity contribution is 7.15. The Morgan fingerprint density at radius 3 is 2.11 bits per heavy atom. The predicted molar refractivity (Wildman–Crippen MR) is 160 cm³/mol. The standard InChI is InChI=1S/C15H18N2O.C8H8NP.C6H14.C2H6/c1-11-3-4-14-13(9-11)15(10-12(2)16-14)17-5-7-18-8-6-17;9-5-7-1-3-8(6-10)4-2-7;1-4-6(3)5-2;1-2/h3-4,9-10H,5-8H2,1-2H3;1-4H,6,10H2;6H,4-5H2,1-3H3;1-2H3. The van der Waals surface area contributed by atoms with Gasteiger partial charge in [-0.2, -0.15) is 5.26 Å². The van der Waals surface area contributed by atoms with Gasteiger partial charge in [-0.05, 0) is 61.8 Å². The number of aromatic nitrogens is 1. The minimum Gasteiger partial charge on any atom is -0.378 e. The van der Waals surface area contributed by atoms with Crippen LogP contribution in [0.3, 0.4) is 0 Å². The summed E-state index contributed by atoms with van der Waals surface area (Å²) in [7, 11) is 2.64. The van der Waals surface area contributed by atoms with Crippen LogP contribution in [0, 0.1) is 31.1 Å². The van der Waals surface area contributed by atoms with E-state index in [1.807, 2.05) is 38.1 Å². The van der Waals surface area contributed by atoms with Gasteiger partial charge in [-0.1, -0.05) is 71.2 Å². The Hall–Kier alpha value is -2.47. The van der Waals surface area contributed by atoms with Crippen molar-refractivity contribution in [3.8, 4) is 6.07 Å². The zero-order chi connectivity index (χ0) is 26.9. The monoisotopic (exact) mass is 507 g/mol. The smallest absolute Gasteiger partial charge is 0.0991 e. The lowest BCUT2D eigenvalue weighted by molar-refractivity contribution is 0.123. The van der Waals surface area contributed by atoms with Gasteiger partial charge in [0.25, 0.3) is 0 Å². The van der Waals surface area contributed by atoms with Crippen molar-refractivity contribution in [1.29, 1.82) is 5.26 Å². The van der Waals surface area contributed by atoms with E-state index in [-0.39, 0.29) is 0 Å². The van der Waals surface area contributed by atoms with E-state index in [2.05, 4.69) is 84.1 Å². The van der Waals surface area contributed by atoms with Gasteiger partial charge in [-0.15, -0.1) is 9.24 Å². The molecule has 0 saturated carbocycles. The molecular weight excluding hydrogens is 461 g/mol. The normalized spacial score (nSPS) is 12.4. The van der Waals surface area contributed by atoms with E-state index in [0.29, 0.717) is 0 Å². The minimum absolute atomic E-state index is 0.724. The van der Waals surface area contributed by atoms with Crippen molar-refractivity contribution in [2.45, 2.75) is 67.5 Å². The second-order valence-corrected chi connectivity index (χ2v) is 9.25. The molecule has 1 aromatic heterocycles. The molecule has 4 rings (SSSR count). The highest BCUT2D eigenvalue weighted by Crippen LogP contribution is 2.28. The van der Waals surface area contributed by atoms with Crippen LogP contribution in [-0.2, 0) is 10.9 Å². The summed E-state index contributed by atoms with van der Waals surface area (Å²) in [6.45, 7) is 18.5. The van der Waals surface area contributed by atoms with Crippen LogP contribution in [-0.4, -0.2) is 31.3 Å². The first-order valence-corrected chi connectivity index (χ1v) is 14.1. The van der Waals surface area contributed by atoms with E-state index in [1.54, 1.807) is 0 Å². The van der Waals surface area contributed by atoms with E-state index in [0.717, 1.165) is 55.2 Å². The van der Waals surface area contributed by atoms with Crippen molar-refractivity contribution in [2.75, 3.05) is 31.2 Å². The molecule has 1 unspecified atom stereocenters. The third kappa shape index (κ3) is 10.7. The van der Waals surface area contributed by atoms with Gasteiger partial charge in [-0.3, -0.25) is 4.98 Å². The van der Waals surface area contributed by atoms with Crippen LogP contribution >= 0.6 is 9.24 Å². The van der Waals surface area contributed by atoms with Crippen molar-refractivity contribution in [3.63, 3.8) is 0 Å². The SMILES string of the molecule is CC.CCC(C)CC.Cc1ccc2nc(C)cc(N3CCOCC3)c2c1.N#Cc1ccc(CP)cc1. The number of hydrogen-bond acceptors (Lipinski definition) is 4. The highest BCUT2D eigenvalue weighted by atomic mass is 31.0. The number of ether oxygens (including phenoxy) is 1. The molecule has 1 saturated heterocycles. The molecule has 1 atom stereocenters. The minimum atomic E-state index is 0.724. The molecule has 0 N–H and O–H groups in total. The lowest BCUT2D eigenvalue weighted by Crippen LogP contribution is -2.36. The molecule has 5 heteroatoms. The Balaban J connectivity index is 0.000000305. The zero-order valence-corrected chi connectivity index (χ0v) is 24.6. The molecule has 4 nitrogen and oxygen atoms in total. The maximum absolute atomic E-state index is 8.45. The number of anilines is 1. The van der Waals surface area contributed by atoms with E-state index >= 15 is 0 Å². The third-order valence-electron chi connectivity index (χ3n) is 6.13. The van der Waals surface area contributed by atoms with Crippen LogP contribution < -0.4 is 4.90 Å². The molecule has 1 aliphatic rings. The number of aryl methyl sites for hydroxylation is 2. The van der Waals surface area contributed by atoms with Gasteiger partial charge in [0.05, 0.1) is 30.4 Å². The van der Waals surface area contributed by atoms with Crippen molar-refractivity contribution in [1.82, 2.24) is 4.98 Å². The van der Waals surface area contributed by atoms with Gasteiger partial charge in [-0.25, -0.2) is 0 Å². The van der Waals surface area contributed by atoms with E-state index in [1.165, 1.54) is 35.0 Å². The van der Waals surface area contributed by atoms with Gasteiger partial charge < -0.3 is 9.64 Å². The molecular formula is C31H46N3OP. The number of nitriles is 1. The highest BCUT2D eigenvalue weighted by Gasteiger charge is 2.15. The Morgan fingerprint density at radius 2 is 1.61 bits per heavy atom. The van der Waals surface area contributed by atoms with E-state index < -0.39 is 0 Å². The maximum atomic E-state index is 8.45. The van der Waals surface area contributed by atoms with Gasteiger partial charge in [0, 0.05) is 29.9 Å². The first kappa shape index (κ1) is 31.6. The van der Waals surface area contributed by atoms with E-state index in [4.69, 9.17) is 10.00 Å². The molecule has 0 bridgehead atoms. The van der Waals surface area contributed by atoms with Crippen LogP contribution in [0.1, 0.15) is 69.8 Å². The fraction of sp³-hybridized carbons (Fsp3) is 0.484. The lowest BCUT2D eigenvalue weighted by Gasteiger charge is -2.30. The van der Waals surface area contributed by atoms with Crippen molar-refractivity contribution >= 4 is 25.8 Å². The predicted octanol–water partition coefficient (Wildman–Crippen LogP) is 8.09. The van der Waals surface area contributed by atoms with Crippen LogP contribution in [0.25, 0.3) is 10.9 Å². The van der Waals surface area contributed by atoms with Gasteiger partial charge in [0.2, 0.25) is 0 Å². The molecule has 36 heavy (non-hydrogen) atoms. The fourth-order valence-corrected chi connectivity index (χ4v) is 3.79. The first-order chi connectivity index (χ1) is 17.4. The lowest BCUT2D eigenvalue weighted by atomic mass is 10.1. The third-order valence-corrected chi connectivity index (χ3v) is 6.61. The molecule has 2 heterocycles. The quantitative estimate of drug-likeness (QED) is 0.335. The molecule has 2 aromatic carbocycles. The number of pyridine rings is 1. The zero-order valence-electron chi connectivity index (χ0n) is 23.5. The Bertz CT molecular complexity index is 1050. The van der Waals surface area contributed by atoms with Crippen LogP contribution in [0.2, 0.25) is 0 Å². The molecule has 196 valence electrons. The topological polar surface area (TPSA) is 49.2 Å². The molecule has 1 fully saturated rings. The molecule has 3 aromatic rings. The largest absolute Gasteiger partial charge is 0.378 e. The Labute approximate surface area is 222 Å². The van der Waals surface area contributed by atoms with Crippen LogP contribution in [0.5, 0.6) is 0 Å². The Morgan fingerprint density at radius 1 is 1.00 bits per heavy atom. The number of morpholine rings is 1. The first-order valence-electron chi connectivity index (χ1n) is 13.3. The molecule has 0 aliphatic carbocycles. The Kier molecular flexibility index (Phi) is 15.7. The van der Waals surface area contributed by atoms with Crippen molar-refractivity contribution in [2.24, 2.45) is 5.92 Å². The molecule has 1 aliphatic heterocycles. The molecule has 0 amide bonds. The number of hydrogen-bond donors (Lipinski definition) is 0. The summed E-state index contributed by atoms with van der Waals surface area (Å²) < 4.78 is 5.43. The summed E-state index contributed by atoms with van der Waals surface area (Å²) in [5.41, 5.74) is 6.70. The summed E-state index contributed by atoms with van der Waals surface area (Å²) in [5, 5.41) is 9.70. The van der Waals surface area contributed by atoms with Crippen LogP contribution in [0.15, 0.2) is 48.5 Å². The second-order valence-electron chi connectivity index (χ2n) is 8.84. The summed E-state index contributed by atoms with van der Waals surface area (Å²) >= 11 is 0. The summed E-state index contributed by atoms with van der Waals surface area (Å²) in [4.78, 5) is 7.02. The number of benzene rings is 2. The summed E-state index contributed by atoms with van der Waals surface area (Å²) in [5.74, 6) is 0.935. The van der Waals surface area contributed by atoms with Crippen LogP contribution in [0.4, 0.5) is 5.69 Å². The molecule has 0 spiro atoms. The average Bonchev–Trinajstić information content (AvgIpc) is 2.94. The van der Waals surface area contributed by atoms with Gasteiger partial charge in [0.1, 0.15) is 0 Å². The average molecular weight is 508 g/mol.